The van der Waals surface area contributed by atoms with Gasteiger partial charge < -0.3 is 0 Å². The van der Waals surface area contributed by atoms with Crippen LogP contribution in [0.25, 0.3) is 11.3 Å². The quantitative estimate of drug-likeness (QED) is 0.694. The summed E-state index contributed by atoms with van der Waals surface area (Å²) in [7, 11) is -4.02. The molecule has 2 aromatic heterocycles. The number of aromatic nitrogens is 2. The number of aromatic amines is 1. The minimum atomic E-state index is -4.02. The maximum atomic E-state index is 13.9. The summed E-state index contributed by atoms with van der Waals surface area (Å²) < 4.78 is 55.3. The molecular formula is C15H10ClF2N3O2S2. The predicted octanol–water partition coefficient (Wildman–Crippen LogP) is 4.34. The van der Waals surface area contributed by atoms with Crippen LogP contribution < -0.4 is 4.31 Å². The molecule has 0 saturated heterocycles. The molecule has 0 saturated carbocycles. The third kappa shape index (κ3) is 2.37. The molecule has 0 spiro atoms. The van der Waals surface area contributed by atoms with E-state index in [0.717, 1.165) is 27.8 Å². The van der Waals surface area contributed by atoms with Gasteiger partial charge in [0.15, 0.2) is 11.6 Å². The van der Waals surface area contributed by atoms with Crippen LogP contribution in [0.4, 0.5) is 14.5 Å². The molecule has 3 aromatic rings. The summed E-state index contributed by atoms with van der Waals surface area (Å²) in [6.07, 6.45) is 1.48. The van der Waals surface area contributed by atoms with E-state index in [-0.39, 0.29) is 15.5 Å². The van der Waals surface area contributed by atoms with Crippen LogP contribution in [-0.2, 0) is 10.0 Å². The Morgan fingerprint density at radius 1 is 1.28 bits per heavy atom. The summed E-state index contributed by atoms with van der Waals surface area (Å²) in [4.78, 5) is 0. The van der Waals surface area contributed by atoms with Crippen molar-refractivity contribution >= 4 is 38.6 Å². The lowest BCUT2D eigenvalue weighted by Crippen LogP contribution is -2.36. The van der Waals surface area contributed by atoms with E-state index in [0.29, 0.717) is 15.6 Å². The van der Waals surface area contributed by atoms with Gasteiger partial charge in [-0.3, -0.25) is 9.40 Å². The SMILES string of the molecule is CC1c2cn[nH]c2-c2cc(F)c(F)cc2N1S(=O)(=O)c1ccc(Cl)s1. The number of hydrogen-bond donors (Lipinski definition) is 1. The van der Waals surface area contributed by atoms with Gasteiger partial charge in [0.05, 0.1) is 28.0 Å². The number of hydrogen-bond acceptors (Lipinski definition) is 4. The summed E-state index contributed by atoms with van der Waals surface area (Å²) in [5.41, 5.74) is 1.32. The van der Waals surface area contributed by atoms with E-state index in [1.54, 1.807) is 6.92 Å². The minimum absolute atomic E-state index is 0.0204. The smallest absolute Gasteiger partial charge is 0.274 e. The highest BCUT2D eigenvalue weighted by Gasteiger charge is 2.39. The van der Waals surface area contributed by atoms with E-state index in [1.807, 2.05) is 0 Å². The number of halogens is 3. The molecule has 1 unspecified atom stereocenters. The number of anilines is 1. The van der Waals surface area contributed by atoms with E-state index in [4.69, 9.17) is 11.6 Å². The Kier molecular flexibility index (Phi) is 3.64. The van der Waals surface area contributed by atoms with Crippen molar-refractivity contribution in [1.29, 1.82) is 0 Å². The highest BCUT2D eigenvalue weighted by Crippen LogP contribution is 2.47. The summed E-state index contributed by atoms with van der Waals surface area (Å²) in [6, 6.07) is 4.06. The van der Waals surface area contributed by atoms with E-state index >= 15 is 0 Å². The molecule has 3 heterocycles. The molecule has 0 radical (unpaired) electrons. The summed E-state index contributed by atoms with van der Waals surface area (Å²) in [5, 5.41) is 6.65. The van der Waals surface area contributed by atoms with Crippen LogP contribution in [0, 0.1) is 11.6 Å². The van der Waals surface area contributed by atoms with Gasteiger partial charge in [0.25, 0.3) is 10.0 Å². The molecule has 0 aliphatic carbocycles. The zero-order chi connectivity index (χ0) is 17.9. The van der Waals surface area contributed by atoms with Crippen molar-refractivity contribution in [1.82, 2.24) is 10.2 Å². The molecule has 1 atom stereocenters. The molecule has 25 heavy (non-hydrogen) atoms. The van der Waals surface area contributed by atoms with Crippen molar-refractivity contribution < 1.29 is 17.2 Å². The Labute approximate surface area is 150 Å². The number of fused-ring (bicyclic) bond motifs is 3. The number of nitrogens with one attached hydrogen (secondary N) is 1. The first-order valence-electron chi connectivity index (χ1n) is 7.13. The van der Waals surface area contributed by atoms with Crippen molar-refractivity contribution in [2.75, 3.05) is 4.31 Å². The molecule has 0 amide bonds. The average Bonchev–Trinajstić information content (AvgIpc) is 3.19. The lowest BCUT2D eigenvalue weighted by atomic mass is 9.97. The topological polar surface area (TPSA) is 66.1 Å². The monoisotopic (exact) mass is 401 g/mol. The first kappa shape index (κ1) is 16.5. The van der Waals surface area contributed by atoms with Gasteiger partial charge in [-0.15, -0.1) is 11.3 Å². The Bertz CT molecular complexity index is 1090. The second-order valence-corrected chi connectivity index (χ2v) is 9.28. The fraction of sp³-hybridized carbons (Fsp3) is 0.133. The highest BCUT2D eigenvalue weighted by atomic mass is 35.5. The van der Waals surface area contributed by atoms with Crippen molar-refractivity contribution in [2.24, 2.45) is 0 Å². The van der Waals surface area contributed by atoms with Crippen LogP contribution in [0.2, 0.25) is 4.34 Å². The van der Waals surface area contributed by atoms with Crippen LogP contribution >= 0.6 is 22.9 Å². The van der Waals surface area contributed by atoms with Crippen molar-refractivity contribution in [3.05, 3.63) is 52.0 Å². The molecule has 0 bridgehead atoms. The Balaban J connectivity index is 2.00. The van der Waals surface area contributed by atoms with Crippen LogP contribution in [0.15, 0.2) is 34.7 Å². The van der Waals surface area contributed by atoms with E-state index in [1.165, 1.54) is 18.3 Å². The number of nitrogens with zero attached hydrogens (tertiary/aromatic N) is 2. The molecule has 4 rings (SSSR count). The van der Waals surface area contributed by atoms with Gasteiger partial charge in [0, 0.05) is 17.2 Å². The van der Waals surface area contributed by atoms with Gasteiger partial charge in [0.2, 0.25) is 0 Å². The maximum absolute atomic E-state index is 13.9. The van der Waals surface area contributed by atoms with Gasteiger partial charge >= 0.3 is 0 Å². The number of benzene rings is 1. The average molecular weight is 402 g/mol. The first-order valence-corrected chi connectivity index (χ1v) is 9.76. The molecule has 1 aromatic carbocycles. The van der Waals surface area contributed by atoms with Crippen LogP contribution in [-0.4, -0.2) is 18.6 Å². The Morgan fingerprint density at radius 3 is 2.68 bits per heavy atom. The fourth-order valence-corrected chi connectivity index (χ4v) is 6.17. The van der Waals surface area contributed by atoms with Crippen LogP contribution in [0.3, 0.4) is 0 Å². The Hall–Kier alpha value is -1.97. The highest BCUT2D eigenvalue weighted by molar-refractivity contribution is 7.94. The molecule has 1 aliphatic heterocycles. The third-order valence-electron chi connectivity index (χ3n) is 4.08. The van der Waals surface area contributed by atoms with Gasteiger partial charge in [-0.2, -0.15) is 5.10 Å². The number of H-pyrrole nitrogens is 1. The maximum Gasteiger partial charge on any atom is 0.274 e. The van der Waals surface area contributed by atoms with Crippen molar-refractivity contribution in [3.63, 3.8) is 0 Å². The van der Waals surface area contributed by atoms with Gasteiger partial charge in [-0.05, 0) is 25.1 Å². The lowest BCUT2D eigenvalue weighted by molar-refractivity contribution is 0.508. The summed E-state index contributed by atoms with van der Waals surface area (Å²) >= 11 is 6.76. The van der Waals surface area contributed by atoms with E-state index < -0.39 is 27.7 Å². The third-order valence-corrected chi connectivity index (χ3v) is 7.66. The van der Waals surface area contributed by atoms with Gasteiger partial charge in [-0.1, -0.05) is 11.6 Å². The fourth-order valence-electron chi connectivity index (χ4n) is 2.95. The summed E-state index contributed by atoms with van der Waals surface area (Å²) in [6.45, 7) is 1.66. The van der Waals surface area contributed by atoms with Crippen molar-refractivity contribution in [2.45, 2.75) is 17.2 Å². The second-order valence-electron chi connectivity index (χ2n) is 5.52. The van der Waals surface area contributed by atoms with E-state index in [2.05, 4.69) is 10.2 Å². The number of sulfonamides is 1. The minimum Gasteiger partial charge on any atom is -0.277 e. The second kappa shape index (κ2) is 5.52. The zero-order valence-electron chi connectivity index (χ0n) is 12.6. The normalized spacial score (nSPS) is 16.6. The van der Waals surface area contributed by atoms with Gasteiger partial charge in [0.1, 0.15) is 4.21 Å². The van der Waals surface area contributed by atoms with Crippen molar-refractivity contribution in [3.8, 4) is 11.3 Å². The molecule has 1 N–H and O–H groups in total. The van der Waals surface area contributed by atoms with Gasteiger partial charge in [-0.25, -0.2) is 17.2 Å². The predicted molar refractivity (Wildman–Crippen MR) is 91.3 cm³/mol. The molecule has 5 nitrogen and oxygen atoms in total. The molecule has 0 fully saturated rings. The number of thiophene rings is 1. The zero-order valence-corrected chi connectivity index (χ0v) is 15.0. The standard InChI is InChI=1S/C15H10ClF2N3O2S2/c1-7-9-6-19-20-15(9)8-4-10(17)11(18)5-12(8)21(7)25(22,23)14-3-2-13(16)24-14/h2-7H,1H3,(H,19,20). The molecule has 10 heteroatoms. The van der Waals surface area contributed by atoms with Crippen LogP contribution in [0.5, 0.6) is 0 Å². The molecular weight excluding hydrogens is 392 g/mol. The lowest BCUT2D eigenvalue weighted by Gasteiger charge is -2.35. The van der Waals surface area contributed by atoms with E-state index in [9.17, 15) is 17.2 Å². The molecule has 1 aliphatic rings. The largest absolute Gasteiger partial charge is 0.277 e. The number of rotatable bonds is 2. The molecule has 130 valence electrons. The Morgan fingerprint density at radius 2 is 2.00 bits per heavy atom. The first-order chi connectivity index (χ1) is 11.8. The summed E-state index contributed by atoms with van der Waals surface area (Å²) in [5.74, 6) is -2.19. The van der Waals surface area contributed by atoms with Crippen LogP contribution in [0.1, 0.15) is 18.5 Å².